The highest BCUT2D eigenvalue weighted by atomic mass is 28.4. The first-order chi connectivity index (χ1) is 37.8. The van der Waals surface area contributed by atoms with Crippen molar-refractivity contribution < 1.29 is 28.7 Å². The lowest BCUT2D eigenvalue weighted by Gasteiger charge is -2.45. The molecule has 82 heavy (non-hydrogen) atoms. The van der Waals surface area contributed by atoms with E-state index in [2.05, 4.69) is 215 Å². The molecule has 6 unspecified atom stereocenters. The van der Waals surface area contributed by atoms with Gasteiger partial charge in [0.25, 0.3) is 0 Å². The molecular formula is C72H118N2O6Si2. The Kier molecular flexibility index (Phi) is 23.3. The summed E-state index contributed by atoms with van der Waals surface area (Å²) in [5.41, 5.74) is 12.8. The van der Waals surface area contributed by atoms with Crippen molar-refractivity contribution in [3.63, 3.8) is 0 Å². The first-order valence-electron chi connectivity index (χ1n) is 31.7. The number of oxime groups is 2. The quantitative estimate of drug-likeness (QED) is 0.0691. The molecule has 10 atom stereocenters. The van der Waals surface area contributed by atoms with E-state index in [4.69, 9.17) is 25.1 Å². The molecular weight excluding hydrogens is 1040 g/mol. The number of rotatable bonds is 16. The SMILES string of the molecule is C=C1/C(=C\C=C2/CCCC3(C)C(C(C)C/C=C/C(=N\OC)C(C)(C)C)=CCC23)C[C@@H](O)C[C@@H]1O.C=C1/C(=C\C=C2/CCCC3(C)C(C(C)C/C=C/C(=N\OC)C(C)(C)C)=CCC23)C[C@@H](O[Si](C)(C)C(C)(C)C)C[C@@H]1O[Si](C)(C)C(C)(C)C. The van der Waals surface area contributed by atoms with Gasteiger partial charge in [0.2, 0.25) is 0 Å². The standard InChI is InChI=1S/C42H73NO3Si2.C30H45NO3/c1-30(20-18-22-38(43-44-13)39(3,4)5)35-25-26-36-32(21-19-27-42(35,36)12)23-24-33-28-34(45-47(14,15)40(6,7)8)29-37(31(33)2)46-48(16,17)41(9,10)11;1-20(10-8-12-28(31-34-7)29(3,4)5)25-15-16-26-22(11-9-17-30(25,26)6)13-14-23-18-24(32)19-27(33)21(23)2/h18,22-25,30,34,36-37H,2,19-21,26-29H2,1,3-17H3;8,12-15,20,24,26-27,32-33H,2,9-11,16-19H2,1,3-7H3/b22-18+,32-23+,33-24-,43-38+;12-8+,22-13+,23-14-,31-28+/t30?,34-,36?,37+,42?;20?,24-,26?,27+,30?/m11/s1. The van der Waals surface area contributed by atoms with Crippen molar-refractivity contribution in [3.05, 3.63) is 119 Å². The molecule has 0 heterocycles. The minimum atomic E-state index is -1.99. The topological polar surface area (TPSA) is 102 Å². The van der Waals surface area contributed by atoms with E-state index in [1.54, 1.807) is 30.9 Å². The molecule has 8 nitrogen and oxygen atoms in total. The molecule has 0 aromatic rings. The van der Waals surface area contributed by atoms with Crippen LogP contribution in [0.3, 0.4) is 0 Å². The molecule has 10 heteroatoms. The van der Waals surface area contributed by atoms with Crippen LogP contribution < -0.4 is 0 Å². The maximum absolute atomic E-state index is 10.2. The Morgan fingerprint density at radius 2 is 1.05 bits per heavy atom. The second kappa shape index (κ2) is 27.5. The van der Waals surface area contributed by atoms with Crippen molar-refractivity contribution >= 4 is 28.1 Å². The van der Waals surface area contributed by atoms with Crippen LogP contribution in [-0.2, 0) is 18.5 Å². The Morgan fingerprint density at radius 3 is 1.45 bits per heavy atom. The van der Waals surface area contributed by atoms with Gasteiger partial charge in [0.15, 0.2) is 16.6 Å². The summed E-state index contributed by atoms with van der Waals surface area (Å²) in [6.45, 7) is 55.0. The van der Waals surface area contributed by atoms with Crippen molar-refractivity contribution in [3.8, 4) is 0 Å². The molecule has 0 bridgehead atoms. The third-order valence-electron chi connectivity index (χ3n) is 20.7. The number of hydrogen-bond donors (Lipinski definition) is 2. The van der Waals surface area contributed by atoms with E-state index in [1.165, 1.54) is 48.8 Å². The zero-order valence-electron chi connectivity index (χ0n) is 56.1. The van der Waals surface area contributed by atoms with Gasteiger partial charge in [-0.15, -0.1) is 0 Å². The summed E-state index contributed by atoms with van der Waals surface area (Å²) >= 11 is 0. The number of nitrogens with zero attached hydrogens (tertiary/aromatic N) is 2. The highest BCUT2D eigenvalue weighted by Crippen LogP contribution is 2.58. The van der Waals surface area contributed by atoms with Gasteiger partial charge in [-0.3, -0.25) is 0 Å². The van der Waals surface area contributed by atoms with Gasteiger partial charge in [0, 0.05) is 23.7 Å². The summed E-state index contributed by atoms with van der Waals surface area (Å²) in [5.74, 6) is 2.08. The summed E-state index contributed by atoms with van der Waals surface area (Å²) in [7, 11) is -0.702. The van der Waals surface area contributed by atoms with E-state index in [-0.39, 0.29) is 43.9 Å². The number of aliphatic hydroxyl groups is 2. The lowest BCUT2D eigenvalue weighted by atomic mass is 9.62. The van der Waals surface area contributed by atoms with E-state index in [0.29, 0.717) is 36.5 Å². The third-order valence-corrected chi connectivity index (χ3v) is 29.8. The van der Waals surface area contributed by atoms with E-state index in [1.807, 2.05) is 0 Å². The Labute approximate surface area is 503 Å². The van der Waals surface area contributed by atoms with Gasteiger partial charge in [-0.1, -0.05) is 205 Å². The molecule has 0 aromatic carbocycles. The third kappa shape index (κ3) is 17.0. The van der Waals surface area contributed by atoms with Crippen LogP contribution in [0.25, 0.3) is 0 Å². The fourth-order valence-corrected chi connectivity index (χ4v) is 16.2. The highest BCUT2D eigenvalue weighted by Gasteiger charge is 2.48. The zero-order chi connectivity index (χ0) is 61.6. The lowest BCUT2D eigenvalue weighted by molar-refractivity contribution is 0.0862. The second-order valence-electron chi connectivity index (χ2n) is 31.2. The van der Waals surface area contributed by atoms with Gasteiger partial charge in [-0.25, -0.2) is 0 Å². The van der Waals surface area contributed by atoms with Crippen molar-refractivity contribution in [2.45, 2.75) is 261 Å². The van der Waals surface area contributed by atoms with Crippen molar-refractivity contribution in [1.82, 2.24) is 0 Å². The fourth-order valence-electron chi connectivity index (χ4n) is 13.5. The van der Waals surface area contributed by atoms with Crippen LogP contribution in [0.15, 0.2) is 129 Å². The van der Waals surface area contributed by atoms with Crippen LogP contribution in [0.1, 0.15) is 201 Å². The summed E-state index contributed by atoms with van der Waals surface area (Å²) in [6.07, 6.45) is 36.5. The van der Waals surface area contributed by atoms with Crippen LogP contribution >= 0.6 is 0 Å². The first kappa shape index (κ1) is 69.4. The molecule has 4 fully saturated rings. The Morgan fingerprint density at radius 1 is 0.634 bits per heavy atom. The smallest absolute Gasteiger partial charge is 0.192 e. The molecule has 0 saturated heterocycles. The minimum Gasteiger partial charge on any atom is -0.413 e. The summed E-state index contributed by atoms with van der Waals surface area (Å²) in [6, 6.07) is 0. The predicted molar refractivity (Wildman–Crippen MR) is 355 cm³/mol. The number of fused-ring (bicyclic) bond motifs is 2. The second-order valence-corrected chi connectivity index (χ2v) is 40.7. The Balaban J connectivity index is 0.000000318. The van der Waals surface area contributed by atoms with E-state index in [9.17, 15) is 10.2 Å². The Bertz CT molecular complexity index is 2570. The largest absolute Gasteiger partial charge is 0.413 e. The van der Waals surface area contributed by atoms with Crippen LogP contribution in [0.4, 0.5) is 0 Å². The average molecular weight is 1160 g/mol. The van der Waals surface area contributed by atoms with Gasteiger partial charge < -0.3 is 28.7 Å². The van der Waals surface area contributed by atoms with Gasteiger partial charge in [0.1, 0.15) is 14.2 Å². The summed E-state index contributed by atoms with van der Waals surface area (Å²) in [5, 5.41) is 29.1. The summed E-state index contributed by atoms with van der Waals surface area (Å²) in [4.78, 5) is 10.2. The van der Waals surface area contributed by atoms with Crippen molar-refractivity contribution in [2.75, 3.05) is 14.2 Å². The van der Waals surface area contributed by atoms with Crippen LogP contribution in [-0.4, -0.2) is 76.9 Å². The minimum absolute atomic E-state index is 0.0112. The molecule has 0 amide bonds. The monoisotopic (exact) mass is 1160 g/mol. The van der Waals surface area contributed by atoms with Crippen molar-refractivity contribution in [2.24, 2.45) is 55.6 Å². The fraction of sp³-hybridized carbons (Fsp3) is 0.694. The average Bonchev–Trinajstić information content (AvgIpc) is 3.86. The van der Waals surface area contributed by atoms with Gasteiger partial charge in [-0.2, -0.15) is 0 Å². The maximum atomic E-state index is 10.2. The number of hydrogen-bond acceptors (Lipinski definition) is 8. The first-order valence-corrected chi connectivity index (χ1v) is 37.5. The van der Waals surface area contributed by atoms with E-state index in [0.717, 1.165) is 67.5 Å². The van der Waals surface area contributed by atoms with Crippen LogP contribution in [0.5, 0.6) is 0 Å². The maximum Gasteiger partial charge on any atom is 0.192 e. The molecule has 0 spiro atoms. The molecule has 0 aromatic heterocycles. The molecule has 2 N–H and O–H groups in total. The van der Waals surface area contributed by atoms with Crippen LogP contribution in [0, 0.1) is 45.3 Å². The molecule has 6 aliphatic carbocycles. The molecule has 4 saturated carbocycles. The summed E-state index contributed by atoms with van der Waals surface area (Å²) < 4.78 is 14.2. The molecule has 0 aliphatic heterocycles. The highest BCUT2D eigenvalue weighted by molar-refractivity contribution is 6.74. The molecule has 0 radical (unpaired) electrons. The molecule has 460 valence electrons. The predicted octanol–water partition coefficient (Wildman–Crippen LogP) is 19.4. The number of allylic oxidation sites excluding steroid dienone is 14. The Hall–Kier alpha value is -3.39. The van der Waals surface area contributed by atoms with E-state index >= 15 is 0 Å². The normalized spacial score (nSPS) is 31.1. The van der Waals surface area contributed by atoms with Gasteiger partial charge in [-0.05, 0) is 182 Å². The number of aliphatic hydroxyl groups excluding tert-OH is 2. The van der Waals surface area contributed by atoms with Gasteiger partial charge in [0.05, 0.1) is 35.8 Å². The van der Waals surface area contributed by atoms with Gasteiger partial charge >= 0.3 is 0 Å². The molecule has 6 aliphatic rings. The van der Waals surface area contributed by atoms with Crippen LogP contribution in [0.2, 0.25) is 36.3 Å². The van der Waals surface area contributed by atoms with E-state index < -0.39 is 28.8 Å². The lowest BCUT2D eigenvalue weighted by Crippen LogP contribution is -2.49. The molecule has 6 rings (SSSR count). The van der Waals surface area contributed by atoms with Crippen molar-refractivity contribution in [1.29, 1.82) is 0 Å². The zero-order valence-corrected chi connectivity index (χ0v) is 58.1.